The molecule has 0 aliphatic rings. The predicted molar refractivity (Wildman–Crippen MR) is 86.6 cm³/mol. The van der Waals surface area contributed by atoms with Crippen molar-refractivity contribution in [3.63, 3.8) is 0 Å². The number of carbonyl (C=O) groups excluding carboxylic acids is 1. The molecule has 1 amide bonds. The number of non-ortho nitro benzene ring substituents is 1. The van der Waals surface area contributed by atoms with E-state index >= 15 is 0 Å². The zero-order chi connectivity index (χ0) is 16.1. The SMILES string of the molecule is C/C(=C/c1ccccc1)C(=O)Nc1ccc([N+](=O)[O-])cc1C. The molecule has 5 heteroatoms. The fraction of sp³-hybridized carbons (Fsp3) is 0.118. The van der Waals surface area contributed by atoms with E-state index in [4.69, 9.17) is 0 Å². The van der Waals surface area contributed by atoms with Crippen molar-refractivity contribution < 1.29 is 9.72 Å². The summed E-state index contributed by atoms with van der Waals surface area (Å²) in [7, 11) is 0. The lowest BCUT2D eigenvalue weighted by Gasteiger charge is -2.08. The van der Waals surface area contributed by atoms with E-state index < -0.39 is 4.92 Å². The second-order valence-corrected chi connectivity index (χ2v) is 4.95. The van der Waals surface area contributed by atoms with Crippen molar-refractivity contribution in [2.45, 2.75) is 13.8 Å². The van der Waals surface area contributed by atoms with Gasteiger partial charge in [-0.3, -0.25) is 14.9 Å². The van der Waals surface area contributed by atoms with E-state index in [9.17, 15) is 14.9 Å². The number of anilines is 1. The Morgan fingerprint density at radius 3 is 2.45 bits per heavy atom. The Morgan fingerprint density at radius 1 is 1.18 bits per heavy atom. The van der Waals surface area contributed by atoms with Crippen molar-refractivity contribution in [1.29, 1.82) is 0 Å². The lowest BCUT2D eigenvalue weighted by Crippen LogP contribution is -2.13. The monoisotopic (exact) mass is 296 g/mol. The maximum atomic E-state index is 12.2. The van der Waals surface area contributed by atoms with Crippen LogP contribution < -0.4 is 5.32 Å². The molecule has 0 aliphatic carbocycles. The number of aryl methyl sites for hydroxylation is 1. The van der Waals surface area contributed by atoms with Crippen LogP contribution in [0.25, 0.3) is 6.08 Å². The van der Waals surface area contributed by atoms with Crippen molar-refractivity contribution >= 4 is 23.4 Å². The molecule has 0 fully saturated rings. The summed E-state index contributed by atoms with van der Waals surface area (Å²) in [5, 5.41) is 13.5. The van der Waals surface area contributed by atoms with Crippen molar-refractivity contribution in [1.82, 2.24) is 0 Å². The number of nitrogens with zero attached hydrogens (tertiary/aromatic N) is 1. The van der Waals surface area contributed by atoms with Crippen LogP contribution in [0.1, 0.15) is 18.1 Å². The third-order valence-corrected chi connectivity index (χ3v) is 3.21. The molecule has 112 valence electrons. The average molecular weight is 296 g/mol. The van der Waals surface area contributed by atoms with Gasteiger partial charge in [-0.25, -0.2) is 0 Å². The quantitative estimate of drug-likeness (QED) is 0.527. The van der Waals surface area contributed by atoms with Gasteiger partial charge in [-0.1, -0.05) is 30.3 Å². The molecule has 0 aromatic heterocycles. The van der Waals surface area contributed by atoms with E-state index in [1.807, 2.05) is 30.3 Å². The molecule has 2 rings (SSSR count). The third-order valence-electron chi connectivity index (χ3n) is 3.21. The molecular formula is C17H16N2O3. The van der Waals surface area contributed by atoms with Gasteiger partial charge in [-0.15, -0.1) is 0 Å². The summed E-state index contributed by atoms with van der Waals surface area (Å²) in [4.78, 5) is 22.4. The number of nitrogens with one attached hydrogen (secondary N) is 1. The van der Waals surface area contributed by atoms with Crippen molar-refractivity contribution in [2.75, 3.05) is 5.32 Å². The number of rotatable bonds is 4. The molecule has 0 radical (unpaired) electrons. The highest BCUT2D eigenvalue weighted by Crippen LogP contribution is 2.21. The first-order valence-corrected chi connectivity index (χ1v) is 6.77. The minimum Gasteiger partial charge on any atom is -0.322 e. The van der Waals surface area contributed by atoms with E-state index in [-0.39, 0.29) is 11.6 Å². The molecule has 0 spiro atoms. The first-order chi connectivity index (χ1) is 10.5. The lowest BCUT2D eigenvalue weighted by atomic mass is 10.1. The van der Waals surface area contributed by atoms with E-state index in [2.05, 4.69) is 5.32 Å². The molecule has 0 aliphatic heterocycles. The molecule has 1 N–H and O–H groups in total. The van der Waals surface area contributed by atoms with Gasteiger partial charge in [0.25, 0.3) is 11.6 Å². The molecule has 22 heavy (non-hydrogen) atoms. The molecule has 0 saturated carbocycles. The van der Waals surface area contributed by atoms with Gasteiger partial charge in [0.1, 0.15) is 0 Å². The van der Waals surface area contributed by atoms with Gasteiger partial charge in [0.15, 0.2) is 0 Å². The molecule has 2 aromatic rings. The number of nitro groups is 1. The van der Waals surface area contributed by atoms with Gasteiger partial charge in [0.05, 0.1) is 4.92 Å². The molecular weight excluding hydrogens is 280 g/mol. The Hall–Kier alpha value is -2.95. The van der Waals surface area contributed by atoms with Gasteiger partial charge in [-0.2, -0.15) is 0 Å². The number of nitro benzene ring substituents is 1. The van der Waals surface area contributed by atoms with Crippen LogP contribution >= 0.6 is 0 Å². The normalized spacial score (nSPS) is 11.1. The van der Waals surface area contributed by atoms with E-state index in [1.165, 1.54) is 12.1 Å². The summed E-state index contributed by atoms with van der Waals surface area (Å²) >= 11 is 0. The van der Waals surface area contributed by atoms with Gasteiger partial charge in [-0.05, 0) is 37.1 Å². The van der Waals surface area contributed by atoms with E-state index in [0.29, 0.717) is 16.8 Å². The minimum absolute atomic E-state index is 0.00653. The Labute approximate surface area is 128 Å². The highest BCUT2D eigenvalue weighted by molar-refractivity contribution is 6.06. The molecule has 0 unspecified atom stereocenters. The number of carbonyl (C=O) groups is 1. The van der Waals surface area contributed by atoms with Crippen LogP contribution in [-0.4, -0.2) is 10.8 Å². The second kappa shape index (κ2) is 6.67. The van der Waals surface area contributed by atoms with Crippen molar-refractivity contribution in [2.24, 2.45) is 0 Å². The highest BCUT2D eigenvalue weighted by Gasteiger charge is 2.11. The maximum absolute atomic E-state index is 12.2. The van der Waals surface area contributed by atoms with Gasteiger partial charge in [0, 0.05) is 23.4 Å². The standard InChI is InChI=1S/C17H16N2O3/c1-12-11-15(19(21)22)8-9-16(12)18-17(20)13(2)10-14-6-4-3-5-7-14/h3-11H,1-2H3,(H,18,20)/b13-10-. The maximum Gasteiger partial charge on any atom is 0.269 e. The van der Waals surface area contributed by atoms with Crippen LogP contribution in [0.3, 0.4) is 0 Å². The predicted octanol–water partition coefficient (Wildman–Crippen LogP) is 3.95. The molecule has 0 saturated heterocycles. The van der Waals surface area contributed by atoms with Crippen LogP contribution in [0.5, 0.6) is 0 Å². The zero-order valence-electron chi connectivity index (χ0n) is 12.4. The fourth-order valence-corrected chi connectivity index (χ4v) is 1.99. The van der Waals surface area contributed by atoms with Gasteiger partial charge >= 0.3 is 0 Å². The lowest BCUT2D eigenvalue weighted by molar-refractivity contribution is -0.384. The number of benzene rings is 2. The highest BCUT2D eigenvalue weighted by atomic mass is 16.6. The number of hydrogen-bond acceptors (Lipinski definition) is 3. The van der Waals surface area contributed by atoms with E-state index in [1.54, 1.807) is 26.0 Å². The van der Waals surface area contributed by atoms with Crippen LogP contribution in [0.2, 0.25) is 0 Å². The number of hydrogen-bond donors (Lipinski definition) is 1. The first-order valence-electron chi connectivity index (χ1n) is 6.77. The minimum atomic E-state index is -0.459. The summed E-state index contributed by atoms with van der Waals surface area (Å²) < 4.78 is 0. The van der Waals surface area contributed by atoms with Crippen LogP contribution in [0, 0.1) is 17.0 Å². The van der Waals surface area contributed by atoms with Gasteiger partial charge in [0.2, 0.25) is 0 Å². The average Bonchev–Trinajstić information content (AvgIpc) is 2.50. The van der Waals surface area contributed by atoms with Crippen LogP contribution in [0.15, 0.2) is 54.1 Å². The van der Waals surface area contributed by atoms with Crippen molar-refractivity contribution in [3.8, 4) is 0 Å². The van der Waals surface area contributed by atoms with Crippen LogP contribution in [0.4, 0.5) is 11.4 Å². The first kappa shape index (κ1) is 15.4. The van der Waals surface area contributed by atoms with Gasteiger partial charge < -0.3 is 5.32 Å². The summed E-state index contributed by atoms with van der Waals surface area (Å²) in [6.45, 7) is 3.45. The summed E-state index contributed by atoms with van der Waals surface area (Å²) in [5.41, 5.74) is 2.72. The van der Waals surface area contributed by atoms with E-state index in [0.717, 1.165) is 5.56 Å². The fourth-order valence-electron chi connectivity index (χ4n) is 1.99. The topological polar surface area (TPSA) is 72.2 Å². The molecule has 0 heterocycles. The smallest absolute Gasteiger partial charge is 0.269 e. The summed E-state index contributed by atoms with van der Waals surface area (Å²) in [5.74, 6) is -0.235. The molecule has 0 bridgehead atoms. The zero-order valence-corrected chi connectivity index (χ0v) is 12.4. The summed E-state index contributed by atoms with van der Waals surface area (Å²) in [6.07, 6.45) is 1.79. The Bertz CT molecular complexity index is 737. The Morgan fingerprint density at radius 2 is 1.86 bits per heavy atom. The molecule has 5 nitrogen and oxygen atoms in total. The van der Waals surface area contributed by atoms with Crippen molar-refractivity contribution in [3.05, 3.63) is 75.3 Å². The molecule has 0 atom stereocenters. The Balaban J connectivity index is 2.15. The van der Waals surface area contributed by atoms with Crippen LogP contribution in [-0.2, 0) is 4.79 Å². The Kier molecular flexibility index (Phi) is 4.68. The largest absolute Gasteiger partial charge is 0.322 e. The second-order valence-electron chi connectivity index (χ2n) is 4.95. The molecule has 2 aromatic carbocycles. The third kappa shape index (κ3) is 3.79. The number of amides is 1. The summed E-state index contributed by atoms with van der Waals surface area (Å²) in [6, 6.07) is 13.9.